The second-order valence-corrected chi connectivity index (χ2v) is 8.33. The van der Waals surface area contributed by atoms with Gasteiger partial charge in [-0.3, -0.25) is 4.90 Å². The third-order valence-corrected chi connectivity index (χ3v) is 4.93. The predicted molar refractivity (Wildman–Crippen MR) is 83.4 cm³/mol. The average molecular weight is 266 g/mol. The van der Waals surface area contributed by atoms with Crippen molar-refractivity contribution in [3.8, 4) is 0 Å². The van der Waals surface area contributed by atoms with Crippen molar-refractivity contribution in [3.63, 3.8) is 0 Å². The lowest BCUT2D eigenvalue weighted by molar-refractivity contribution is 0.0316. The van der Waals surface area contributed by atoms with Crippen molar-refractivity contribution < 1.29 is 0 Å². The van der Waals surface area contributed by atoms with Crippen LogP contribution in [0.4, 0.5) is 0 Å². The monoisotopic (exact) mass is 266 g/mol. The Hall–Kier alpha value is -0.0800. The Bertz CT molecular complexity index is 275. The molecule has 1 N–H and O–H groups in total. The highest BCUT2D eigenvalue weighted by atomic mass is 15.2. The van der Waals surface area contributed by atoms with Crippen molar-refractivity contribution in [2.45, 2.75) is 72.4 Å². The molecule has 0 aromatic rings. The molecule has 2 fully saturated rings. The molecule has 1 aliphatic carbocycles. The van der Waals surface area contributed by atoms with Gasteiger partial charge in [-0.1, -0.05) is 41.0 Å². The minimum absolute atomic E-state index is 0.398. The molecule has 1 saturated carbocycles. The van der Waals surface area contributed by atoms with Gasteiger partial charge in [0.2, 0.25) is 0 Å². The molecule has 19 heavy (non-hydrogen) atoms. The summed E-state index contributed by atoms with van der Waals surface area (Å²) in [5.74, 6) is 1.87. The number of hydrogen-bond acceptors (Lipinski definition) is 2. The van der Waals surface area contributed by atoms with Crippen molar-refractivity contribution in [1.29, 1.82) is 0 Å². The van der Waals surface area contributed by atoms with Gasteiger partial charge < -0.3 is 5.32 Å². The van der Waals surface area contributed by atoms with Crippen LogP contribution in [0.15, 0.2) is 0 Å². The molecule has 0 spiro atoms. The Morgan fingerprint density at radius 1 is 1.11 bits per heavy atom. The summed E-state index contributed by atoms with van der Waals surface area (Å²) in [5.41, 5.74) is 0.398. The minimum Gasteiger partial charge on any atom is -0.312 e. The summed E-state index contributed by atoms with van der Waals surface area (Å²) in [4.78, 5) is 2.79. The molecule has 1 saturated heterocycles. The van der Waals surface area contributed by atoms with Gasteiger partial charge in [0.15, 0.2) is 0 Å². The zero-order chi connectivity index (χ0) is 14.0. The fourth-order valence-corrected chi connectivity index (χ4v) is 3.59. The number of piperidine rings is 1. The molecule has 2 rings (SSSR count). The molecule has 0 radical (unpaired) electrons. The van der Waals surface area contributed by atoms with Gasteiger partial charge in [0.05, 0.1) is 0 Å². The zero-order valence-electron chi connectivity index (χ0n) is 13.7. The lowest BCUT2D eigenvalue weighted by Crippen LogP contribution is -2.56. The van der Waals surface area contributed by atoms with Crippen LogP contribution in [0.25, 0.3) is 0 Å². The van der Waals surface area contributed by atoms with Crippen LogP contribution in [-0.2, 0) is 0 Å². The molecule has 0 bridgehead atoms. The van der Waals surface area contributed by atoms with E-state index in [-0.39, 0.29) is 0 Å². The van der Waals surface area contributed by atoms with Gasteiger partial charge in [0.25, 0.3) is 0 Å². The van der Waals surface area contributed by atoms with Crippen LogP contribution < -0.4 is 5.32 Å². The Balaban J connectivity index is 1.85. The number of nitrogens with one attached hydrogen (secondary N) is 1. The summed E-state index contributed by atoms with van der Waals surface area (Å²) >= 11 is 0. The van der Waals surface area contributed by atoms with Crippen molar-refractivity contribution >= 4 is 0 Å². The molecule has 0 aromatic heterocycles. The molecule has 2 nitrogen and oxygen atoms in total. The van der Waals surface area contributed by atoms with Crippen LogP contribution >= 0.6 is 0 Å². The number of rotatable bonds is 4. The van der Waals surface area contributed by atoms with Crippen LogP contribution in [0.3, 0.4) is 0 Å². The summed E-state index contributed by atoms with van der Waals surface area (Å²) in [5, 5.41) is 3.83. The van der Waals surface area contributed by atoms with Crippen LogP contribution in [0, 0.1) is 17.3 Å². The highest BCUT2D eigenvalue weighted by Gasteiger charge is 2.36. The summed E-state index contributed by atoms with van der Waals surface area (Å²) in [6.45, 7) is 15.5. The van der Waals surface area contributed by atoms with Gasteiger partial charge in [-0.25, -0.2) is 0 Å². The minimum atomic E-state index is 0.398. The fraction of sp³-hybridized carbons (Fsp3) is 1.00. The van der Waals surface area contributed by atoms with Crippen LogP contribution in [0.5, 0.6) is 0 Å². The Kier molecular flexibility index (Phi) is 4.94. The molecule has 1 aliphatic heterocycles. The van der Waals surface area contributed by atoms with E-state index < -0.39 is 0 Å². The van der Waals surface area contributed by atoms with E-state index in [4.69, 9.17) is 0 Å². The Morgan fingerprint density at radius 3 is 2.32 bits per heavy atom. The van der Waals surface area contributed by atoms with Crippen molar-refractivity contribution in [2.24, 2.45) is 17.3 Å². The third-order valence-electron chi connectivity index (χ3n) is 4.93. The maximum absolute atomic E-state index is 3.83. The molecular formula is C17H34N2. The maximum Gasteiger partial charge on any atom is 0.0198 e. The molecule has 0 aromatic carbocycles. The summed E-state index contributed by atoms with van der Waals surface area (Å²) in [7, 11) is 0. The molecule has 112 valence electrons. The molecular weight excluding hydrogens is 232 g/mol. The Labute approximate surface area is 120 Å². The average Bonchev–Trinajstić information content (AvgIpc) is 2.31. The summed E-state index contributed by atoms with van der Waals surface area (Å²) in [6, 6.07) is 1.61. The third kappa shape index (κ3) is 4.46. The zero-order valence-corrected chi connectivity index (χ0v) is 13.7. The predicted octanol–water partition coefficient (Wildman–Crippen LogP) is 3.52. The molecule has 2 aliphatic rings. The molecule has 2 heteroatoms. The number of likely N-dealkylation sites (tertiary alicyclic amines) is 1. The largest absolute Gasteiger partial charge is 0.312 e. The van der Waals surface area contributed by atoms with E-state index in [2.05, 4.69) is 44.8 Å². The van der Waals surface area contributed by atoms with Crippen molar-refractivity contribution in [3.05, 3.63) is 0 Å². The maximum atomic E-state index is 3.83. The molecule has 1 heterocycles. The first-order valence-electron chi connectivity index (χ1n) is 8.35. The van der Waals surface area contributed by atoms with Gasteiger partial charge >= 0.3 is 0 Å². The van der Waals surface area contributed by atoms with Crippen molar-refractivity contribution in [1.82, 2.24) is 10.2 Å². The van der Waals surface area contributed by atoms with E-state index in [1.807, 2.05) is 0 Å². The Morgan fingerprint density at radius 2 is 1.79 bits per heavy atom. The first kappa shape index (κ1) is 15.3. The fourth-order valence-electron chi connectivity index (χ4n) is 3.59. The van der Waals surface area contributed by atoms with Crippen LogP contribution in [-0.4, -0.2) is 36.6 Å². The van der Waals surface area contributed by atoms with E-state index in [9.17, 15) is 0 Å². The van der Waals surface area contributed by atoms with Crippen LogP contribution in [0.2, 0.25) is 0 Å². The first-order chi connectivity index (χ1) is 8.87. The topological polar surface area (TPSA) is 15.3 Å². The van der Waals surface area contributed by atoms with E-state index in [0.717, 1.165) is 24.4 Å². The number of hydrogen-bond donors (Lipinski definition) is 1. The van der Waals surface area contributed by atoms with Crippen LogP contribution in [0.1, 0.15) is 60.3 Å². The highest BCUT2D eigenvalue weighted by Crippen LogP contribution is 2.34. The van der Waals surface area contributed by atoms with E-state index in [1.165, 1.54) is 38.8 Å². The number of nitrogens with zero attached hydrogens (tertiary/aromatic N) is 1. The lowest BCUT2D eigenvalue weighted by atomic mass is 9.78. The summed E-state index contributed by atoms with van der Waals surface area (Å²) in [6.07, 6.45) is 5.59. The van der Waals surface area contributed by atoms with Gasteiger partial charge in [-0.15, -0.1) is 0 Å². The molecule has 2 atom stereocenters. The molecule has 0 amide bonds. The quantitative estimate of drug-likeness (QED) is 0.837. The molecule has 2 unspecified atom stereocenters. The van der Waals surface area contributed by atoms with E-state index in [0.29, 0.717) is 11.5 Å². The first-order valence-corrected chi connectivity index (χ1v) is 8.35. The van der Waals surface area contributed by atoms with Crippen molar-refractivity contribution in [2.75, 3.05) is 19.6 Å². The van der Waals surface area contributed by atoms with E-state index >= 15 is 0 Å². The normalized spacial score (nSPS) is 37.1. The summed E-state index contributed by atoms with van der Waals surface area (Å²) < 4.78 is 0. The smallest absolute Gasteiger partial charge is 0.0198 e. The highest BCUT2D eigenvalue weighted by molar-refractivity contribution is 4.92. The second-order valence-electron chi connectivity index (χ2n) is 8.33. The van der Waals surface area contributed by atoms with Gasteiger partial charge in [-0.2, -0.15) is 0 Å². The van der Waals surface area contributed by atoms with Gasteiger partial charge in [-0.05, 0) is 36.5 Å². The SMILES string of the molecule is CCC1CC(NCC(C)(C)C)CN(C2CC(C)C2)C1. The lowest BCUT2D eigenvalue weighted by Gasteiger charge is -2.48. The van der Waals surface area contributed by atoms with E-state index in [1.54, 1.807) is 0 Å². The van der Waals surface area contributed by atoms with Gasteiger partial charge in [0, 0.05) is 31.7 Å². The second kappa shape index (κ2) is 6.13. The standard InChI is InChI=1S/C17H34N2/c1-6-14-9-15(18-12-17(3,4)5)11-19(10-14)16-7-13(2)8-16/h13-16,18H,6-12H2,1-5H3. The van der Waals surface area contributed by atoms with Gasteiger partial charge in [0.1, 0.15) is 0 Å².